The molecule has 0 atom stereocenters. The predicted molar refractivity (Wildman–Crippen MR) is 66.6 cm³/mol. The highest BCUT2D eigenvalue weighted by Gasteiger charge is 2.04. The third kappa shape index (κ3) is 1.34. The molecule has 1 aromatic heterocycles. The topological polar surface area (TPSA) is 17.8 Å². The van der Waals surface area contributed by atoms with Gasteiger partial charge in [0.25, 0.3) is 0 Å². The minimum atomic E-state index is 1.02. The lowest BCUT2D eigenvalue weighted by Crippen LogP contribution is -1.80. The second-order valence-corrected chi connectivity index (χ2v) is 4.58. The van der Waals surface area contributed by atoms with Crippen molar-refractivity contribution in [3.63, 3.8) is 0 Å². The van der Waals surface area contributed by atoms with Crippen LogP contribution in [0.2, 0.25) is 0 Å². The Labute approximate surface area is 98.0 Å². The van der Waals surface area contributed by atoms with Crippen molar-refractivity contribution in [3.05, 3.63) is 27.6 Å². The number of aromatic nitrogens is 2. The Kier molecular flexibility index (Phi) is 2.28. The number of aryl methyl sites for hydroxylation is 1. The quantitative estimate of drug-likeness (QED) is 0.639. The highest BCUT2D eigenvalue weighted by molar-refractivity contribution is 14.1. The SMILES string of the molecule is Cc1ccc2c(c1)nc(I)n2I. The average Bonchev–Trinajstić information content (AvgIpc) is 2.28. The standard InChI is InChI=1S/C8H6I2N2/c1-5-2-3-7-6(4-5)11-8(9)12(7)10/h2-4H,1H3. The zero-order valence-electron chi connectivity index (χ0n) is 6.38. The van der Waals surface area contributed by atoms with Crippen molar-refractivity contribution in [2.45, 2.75) is 6.92 Å². The average molecular weight is 384 g/mol. The van der Waals surface area contributed by atoms with E-state index in [2.05, 4.69) is 78.3 Å². The summed E-state index contributed by atoms with van der Waals surface area (Å²) in [7, 11) is 0. The van der Waals surface area contributed by atoms with Crippen LogP contribution in [0.3, 0.4) is 0 Å². The van der Waals surface area contributed by atoms with Gasteiger partial charge >= 0.3 is 0 Å². The van der Waals surface area contributed by atoms with Gasteiger partial charge in [0.15, 0.2) is 3.83 Å². The molecule has 2 rings (SSSR count). The Hall–Kier alpha value is 0.150. The third-order valence-electron chi connectivity index (χ3n) is 1.72. The summed E-state index contributed by atoms with van der Waals surface area (Å²) in [4.78, 5) is 4.42. The number of fused-ring (bicyclic) bond motifs is 1. The van der Waals surface area contributed by atoms with E-state index in [1.165, 1.54) is 11.1 Å². The smallest absolute Gasteiger partial charge is 0.181 e. The molecule has 0 spiro atoms. The number of halogens is 2. The fraction of sp³-hybridized carbons (Fsp3) is 0.125. The Morgan fingerprint density at radius 3 is 2.92 bits per heavy atom. The molecule has 0 N–H and O–H groups in total. The van der Waals surface area contributed by atoms with Gasteiger partial charge in [0.05, 0.1) is 33.9 Å². The first-order valence-electron chi connectivity index (χ1n) is 3.49. The fourth-order valence-electron chi connectivity index (χ4n) is 1.13. The molecule has 0 aliphatic heterocycles. The first kappa shape index (κ1) is 8.74. The number of nitrogens with zero attached hydrogens (tertiary/aromatic N) is 2. The molecule has 1 heterocycles. The number of hydrogen-bond acceptors (Lipinski definition) is 1. The molecule has 1 aromatic carbocycles. The lowest BCUT2D eigenvalue weighted by molar-refractivity contribution is 1.23. The summed E-state index contributed by atoms with van der Waals surface area (Å²) in [5.41, 5.74) is 3.52. The highest BCUT2D eigenvalue weighted by atomic mass is 127. The van der Waals surface area contributed by atoms with Gasteiger partial charge in [-0.1, -0.05) is 6.07 Å². The van der Waals surface area contributed by atoms with E-state index >= 15 is 0 Å². The van der Waals surface area contributed by atoms with E-state index in [9.17, 15) is 0 Å². The Morgan fingerprint density at radius 2 is 2.17 bits per heavy atom. The summed E-state index contributed by atoms with van der Waals surface area (Å²) >= 11 is 4.49. The molecule has 0 amide bonds. The molecule has 2 nitrogen and oxygen atoms in total. The van der Waals surface area contributed by atoms with Crippen LogP contribution in [-0.4, -0.2) is 7.76 Å². The Bertz CT molecular complexity index is 434. The zero-order chi connectivity index (χ0) is 8.72. The van der Waals surface area contributed by atoms with Gasteiger partial charge in [-0.2, -0.15) is 0 Å². The fourth-order valence-corrected chi connectivity index (χ4v) is 2.17. The van der Waals surface area contributed by atoms with E-state index in [4.69, 9.17) is 0 Å². The van der Waals surface area contributed by atoms with E-state index in [1.54, 1.807) is 0 Å². The molecule has 2 aromatic rings. The van der Waals surface area contributed by atoms with Crippen LogP contribution in [0.4, 0.5) is 0 Å². The van der Waals surface area contributed by atoms with Gasteiger partial charge in [0.1, 0.15) is 0 Å². The number of rotatable bonds is 0. The summed E-state index contributed by atoms with van der Waals surface area (Å²) in [6, 6.07) is 6.31. The Morgan fingerprint density at radius 1 is 1.42 bits per heavy atom. The van der Waals surface area contributed by atoms with Crippen molar-refractivity contribution in [1.82, 2.24) is 7.76 Å². The van der Waals surface area contributed by atoms with E-state index < -0.39 is 0 Å². The van der Waals surface area contributed by atoms with E-state index in [-0.39, 0.29) is 0 Å². The van der Waals surface area contributed by atoms with Crippen LogP contribution in [0.15, 0.2) is 18.2 Å². The van der Waals surface area contributed by atoms with Crippen molar-refractivity contribution in [3.8, 4) is 0 Å². The molecular formula is C8H6I2N2. The molecule has 0 unspecified atom stereocenters. The van der Waals surface area contributed by atoms with Gasteiger partial charge in [-0.05, 0) is 24.6 Å². The van der Waals surface area contributed by atoms with Crippen molar-refractivity contribution >= 4 is 56.5 Å². The van der Waals surface area contributed by atoms with Crippen LogP contribution in [0.1, 0.15) is 5.56 Å². The molecule has 0 bridgehead atoms. The van der Waals surface area contributed by atoms with Crippen molar-refractivity contribution in [2.75, 3.05) is 0 Å². The normalized spacial score (nSPS) is 10.9. The summed E-state index contributed by atoms with van der Waals surface area (Å²) in [5.74, 6) is 0. The molecule has 0 fully saturated rings. The summed E-state index contributed by atoms with van der Waals surface area (Å²) in [6.07, 6.45) is 0. The maximum Gasteiger partial charge on any atom is 0.181 e. The van der Waals surface area contributed by atoms with Crippen LogP contribution < -0.4 is 0 Å². The molecule has 0 aliphatic carbocycles. The highest BCUT2D eigenvalue weighted by Crippen LogP contribution is 2.20. The second kappa shape index (κ2) is 3.13. The Balaban J connectivity index is 2.87. The minimum Gasteiger partial charge on any atom is -0.259 e. The van der Waals surface area contributed by atoms with Crippen LogP contribution in [-0.2, 0) is 0 Å². The van der Waals surface area contributed by atoms with Crippen LogP contribution in [0, 0.1) is 10.8 Å². The van der Waals surface area contributed by atoms with Crippen LogP contribution in [0.5, 0.6) is 0 Å². The lowest BCUT2D eigenvalue weighted by atomic mass is 10.2. The lowest BCUT2D eigenvalue weighted by Gasteiger charge is -1.93. The van der Waals surface area contributed by atoms with Crippen molar-refractivity contribution < 1.29 is 0 Å². The maximum atomic E-state index is 4.42. The van der Waals surface area contributed by atoms with Crippen molar-refractivity contribution in [1.29, 1.82) is 0 Å². The molecule has 0 saturated heterocycles. The van der Waals surface area contributed by atoms with Crippen molar-refractivity contribution in [2.24, 2.45) is 0 Å². The minimum absolute atomic E-state index is 1.02. The van der Waals surface area contributed by atoms with E-state index in [0.717, 1.165) is 9.35 Å². The van der Waals surface area contributed by atoms with Crippen LogP contribution in [0.25, 0.3) is 11.0 Å². The van der Waals surface area contributed by atoms with Gasteiger partial charge < -0.3 is 0 Å². The monoisotopic (exact) mass is 384 g/mol. The largest absolute Gasteiger partial charge is 0.259 e. The number of hydrogen-bond donors (Lipinski definition) is 0. The second-order valence-electron chi connectivity index (χ2n) is 2.65. The summed E-state index contributed by atoms with van der Waals surface area (Å²) < 4.78 is 3.08. The molecule has 0 saturated carbocycles. The van der Waals surface area contributed by atoms with Gasteiger partial charge in [-0.25, -0.2) is 4.98 Å². The van der Waals surface area contributed by atoms with Gasteiger partial charge in [-0.3, -0.25) is 2.78 Å². The first-order chi connectivity index (χ1) is 5.68. The molecular weight excluding hydrogens is 378 g/mol. The summed E-state index contributed by atoms with van der Waals surface area (Å²) in [6.45, 7) is 2.08. The molecule has 0 aliphatic rings. The number of benzene rings is 1. The summed E-state index contributed by atoms with van der Waals surface area (Å²) in [5, 5.41) is 0. The van der Waals surface area contributed by atoms with Gasteiger partial charge in [-0.15, -0.1) is 0 Å². The van der Waals surface area contributed by atoms with Gasteiger partial charge in [0.2, 0.25) is 0 Å². The van der Waals surface area contributed by atoms with E-state index in [0.29, 0.717) is 0 Å². The molecule has 62 valence electrons. The third-order valence-corrected chi connectivity index (χ3v) is 4.34. The predicted octanol–water partition coefficient (Wildman–Crippen LogP) is 3.15. The van der Waals surface area contributed by atoms with Crippen LogP contribution >= 0.6 is 45.5 Å². The first-order valence-corrected chi connectivity index (χ1v) is 5.53. The zero-order valence-corrected chi connectivity index (χ0v) is 10.7. The van der Waals surface area contributed by atoms with E-state index in [1.807, 2.05) is 0 Å². The molecule has 0 radical (unpaired) electrons. The number of imidazole rings is 1. The molecule has 12 heavy (non-hydrogen) atoms. The molecule has 4 heteroatoms. The maximum absolute atomic E-state index is 4.42. The van der Waals surface area contributed by atoms with Gasteiger partial charge in [0, 0.05) is 22.6 Å².